The number of ether oxygens (including phenoxy) is 1. The van der Waals surface area contributed by atoms with Crippen molar-refractivity contribution in [1.82, 2.24) is 10.2 Å². The van der Waals surface area contributed by atoms with Gasteiger partial charge in [0.15, 0.2) is 0 Å². The average molecular weight is 274 g/mol. The van der Waals surface area contributed by atoms with Crippen molar-refractivity contribution < 1.29 is 4.74 Å². The van der Waals surface area contributed by atoms with Crippen LogP contribution >= 0.6 is 11.8 Å². The van der Waals surface area contributed by atoms with Crippen LogP contribution in [-0.2, 0) is 4.74 Å². The van der Waals surface area contributed by atoms with Crippen molar-refractivity contribution in [1.29, 1.82) is 0 Å². The van der Waals surface area contributed by atoms with E-state index in [1.165, 1.54) is 18.6 Å². The Morgan fingerprint density at radius 1 is 1.39 bits per heavy atom. The molecule has 0 radical (unpaired) electrons. The molecule has 0 spiro atoms. The second-order valence-electron chi connectivity index (χ2n) is 5.32. The molecule has 0 aromatic carbocycles. The summed E-state index contributed by atoms with van der Waals surface area (Å²) in [5, 5.41) is 3.62. The number of hydrogen-bond donors (Lipinski definition) is 1. The van der Waals surface area contributed by atoms with Crippen LogP contribution in [0.5, 0.6) is 0 Å². The predicted octanol–water partition coefficient (Wildman–Crippen LogP) is 2.07. The van der Waals surface area contributed by atoms with Gasteiger partial charge < -0.3 is 15.0 Å². The van der Waals surface area contributed by atoms with E-state index in [2.05, 4.69) is 37.4 Å². The quantitative estimate of drug-likeness (QED) is 0.696. The van der Waals surface area contributed by atoms with Gasteiger partial charge in [-0.2, -0.15) is 11.8 Å². The Balaban J connectivity index is 2.38. The van der Waals surface area contributed by atoms with Gasteiger partial charge in [-0.05, 0) is 32.7 Å². The Bertz CT molecular complexity index is 216. The molecule has 3 nitrogen and oxygen atoms in total. The largest absolute Gasteiger partial charge is 0.379 e. The SMILES string of the molecule is CCCNC1COCC1CN(C)C(CC)CSC. The van der Waals surface area contributed by atoms with E-state index in [9.17, 15) is 0 Å². The number of hydrogen-bond acceptors (Lipinski definition) is 4. The Labute approximate surface area is 117 Å². The van der Waals surface area contributed by atoms with Crippen LogP contribution in [-0.4, -0.2) is 62.3 Å². The zero-order chi connectivity index (χ0) is 13.4. The minimum absolute atomic E-state index is 0.555. The molecule has 0 amide bonds. The van der Waals surface area contributed by atoms with Crippen LogP contribution in [0, 0.1) is 5.92 Å². The molecule has 18 heavy (non-hydrogen) atoms. The van der Waals surface area contributed by atoms with E-state index in [1.807, 2.05) is 11.8 Å². The molecule has 1 aliphatic rings. The zero-order valence-electron chi connectivity index (χ0n) is 12.4. The monoisotopic (exact) mass is 274 g/mol. The molecular weight excluding hydrogens is 244 g/mol. The Kier molecular flexibility index (Phi) is 8.31. The van der Waals surface area contributed by atoms with Gasteiger partial charge in [0.05, 0.1) is 13.2 Å². The summed E-state index contributed by atoms with van der Waals surface area (Å²) in [5.74, 6) is 1.88. The van der Waals surface area contributed by atoms with Crippen LogP contribution in [0.2, 0.25) is 0 Å². The van der Waals surface area contributed by atoms with Gasteiger partial charge >= 0.3 is 0 Å². The van der Waals surface area contributed by atoms with Crippen LogP contribution in [0.4, 0.5) is 0 Å². The van der Waals surface area contributed by atoms with E-state index in [1.54, 1.807) is 0 Å². The van der Waals surface area contributed by atoms with Gasteiger partial charge in [0.2, 0.25) is 0 Å². The third kappa shape index (κ3) is 5.08. The van der Waals surface area contributed by atoms with Crippen LogP contribution < -0.4 is 5.32 Å². The second kappa shape index (κ2) is 9.18. The van der Waals surface area contributed by atoms with Gasteiger partial charge in [0, 0.05) is 30.3 Å². The first-order valence-electron chi connectivity index (χ1n) is 7.23. The summed E-state index contributed by atoms with van der Waals surface area (Å²) >= 11 is 1.95. The minimum Gasteiger partial charge on any atom is -0.379 e. The van der Waals surface area contributed by atoms with E-state index in [0.717, 1.165) is 26.3 Å². The van der Waals surface area contributed by atoms with Gasteiger partial charge in [0.1, 0.15) is 0 Å². The van der Waals surface area contributed by atoms with Crippen molar-refractivity contribution in [3.05, 3.63) is 0 Å². The summed E-state index contributed by atoms with van der Waals surface area (Å²) in [6, 6.07) is 1.26. The normalized spacial score (nSPS) is 25.8. The molecule has 0 saturated carbocycles. The van der Waals surface area contributed by atoms with Crippen LogP contribution in [0.1, 0.15) is 26.7 Å². The molecule has 4 heteroatoms. The third-order valence-corrected chi connectivity index (χ3v) is 4.55. The number of nitrogens with one attached hydrogen (secondary N) is 1. The van der Waals surface area contributed by atoms with Crippen LogP contribution in [0.15, 0.2) is 0 Å². The highest BCUT2D eigenvalue weighted by atomic mass is 32.2. The zero-order valence-corrected chi connectivity index (χ0v) is 13.3. The summed E-state index contributed by atoms with van der Waals surface area (Å²) in [6.07, 6.45) is 4.63. The van der Waals surface area contributed by atoms with E-state index in [4.69, 9.17) is 4.74 Å². The second-order valence-corrected chi connectivity index (χ2v) is 6.23. The van der Waals surface area contributed by atoms with E-state index in [0.29, 0.717) is 18.0 Å². The molecule has 1 heterocycles. The van der Waals surface area contributed by atoms with Crippen molar-refractivity contribution in [2.24, 2.45) is 5.92 Å². The van der Waals surface area contributed by atoms with Gasteiger partial charge in [-0.25, -0.2) is 0 Å². The fourth-order valence-electron chi connectivity index (χ4n) is 2.60. The summed E-state index contributed by atoms with van der Waals surface area (Å²) in [5.41, 5.74) is 0. The molecule has 0 bridgehead atoms. The molecule has 1 fully saturated rings. The number of thioether (sulfide) groups is 1. The summed E-state index contributed by atoms with van der Waals surface area (Å²) in [6.45, 7) is 8.57. The first-order valence-corrected chi connectivity index (χ1v) is 8.62. The molecular formula is C14H30N2OS. The van der Waals surface area contributed by atoms with E-state index >= 15 is 0 Å². The molecule has 0 aromatic rings. The molecule has 108 valence electrons. The predicted molar refractivity (Wildman–Crippen MR) is 81.5 cm³/mol. The highest BCUT2D eigenvalue weighted by Crippen LogP contribution is 2.17. The van der Waals surface area contributed by atoms with E-state index < -0.39 is 0 Å². The molecule has 3 unspecified atom stereocenters. The maximum atomic E-state index is 5.65. The maximum absolute atomic E-state index is 5.65. The van der Waals surface area contributed by atoms with Crippen molar-refractivity contribution in [2.45, 2.75) is 38.8 Å². The van der Waals surface area contributed by atoms with Crippen molar-refractivity contribution in [3.8, 4) is 0 Å². The average Bonchev–Trinajstić information content (AvgIpc) is 2.80. The lowest BCUT2D eigenvalue weighted by atomic mass is 10.0. The van der Waals surface area contributed by atoms with Crippen molar-refractivity contribution in [2.75, 3.05) is 45.4 Å². The molecule has 0 aliphatic carbocycles. The Morgan fingerprint density at radius 3 is 2.78 bits per heavy atom. The van der Waals surface area contributed by atoms with Crippen LogP contribution in [0.3, 0.4) is 0 Å². The lowest BCUT2D eigenvalue weighted by Crippen LogP contribution is -2.44. The summed E-state index contributed by atoms with van der Waals surface area (Å²) in [7, 11) is 2.26. The molecule has 1 rings (SSSR count). The smallest absolute Gasteiger partial charge is 0.0623 e. The van der Waals surface area contributed by atoms with Crippen molar-refractivity contribution in [3.63, 3.8) is 0 Å². The van der Waals surface area contributed by atoms with Crippen LogP contribution in [0.25, 0.3) is 0 Å². The molecule has 3 atom stereocenters. The molecule has 1 saturated heterocycles. The molecule has 1 aliphatic heterocycles. The van der Waals surface area contributed by atoms with Gasteiger partial charge in [-0.1, -0.05) is 13.8 Å². The van der Waals surface area contributed by atoms with Gasteiger partial charge in [-0.15, -0.1) is 0 Å². The van der Waals surface area contributed by atoms with Gasteiger partial charge in [0.25, 0.3) is 0 Å². The molecule has 0 aromatic heterocycles. The highest BCUT2D eigenvalue weighted by Gasteiger charge is 2.29. The summed E-state index contributed by atoms with van der Waals surface area (Å²) < 4.78 is 5.65. The Hall–Kier alpha value is 0.230. The molecule has 1 N–H and O–H groups in total. The lowest BCUT2D eigenvalue weighted by Gasteiger charge is -2.30. The topological polar surface area (TPSA) is 24.5 Å². The summed E-state index contributed by atoms with van der Waals surface area (Å²) in [4.78, 5) is 2.52. The lowest BCUT2D eigenvalue weighted by molar-refractivity contribution is 0.163. The number of rotatable bonds is 9. The van der Waals surface area contributed by atoms with Crippen molar-refractivity contribution >= 4 is 11.8 Å². The standard InChI is InChI=1S/C14H30N2OS/c1-5-7-15-14-10-17-9-12(14)8-16(3)13(6-2)11-18-4/h12-15H,5-11H2,1-4H3. The first-order chi connectivity index (χ1) is 8.72. The number of nitrogens with zero attached hydrogens (tertiary/aromatic N) is 1. The third-order valence-electron chi connectivity index (χ3n) is 3.83. The fraction of sp³-hybridized carbons (Fsp3) is 1.00. The first kappa shape index (κ1) is 16.3. The maximum Gasteiger partial charge on any atom is 0.0623 e. The van der Waals surface area contributed by atoms with E-state index in [-0.39, 0.29) is 0 Å². The Morgan fingerprint density at radius 2 is 2.17 bits per heavy atom. The van der Waals surface area contributed by atoms with Gasteiger partial charge in [-0.3, -0.25) is 0 Å². The minimum atomic E-state index is 0.555. The fourth-order valence-corrected chi connectivity index (χ4v) is 3.48. The highest BCUT2D eigenvalue weighted by molar-refractivity contribution is 7.98.